The van der Waals surface area contributed by atoms with Gasteiger partial charge in [-0.2, -0.15) is 0 Å². The van der Waals surface area contributed by atoms with Crippen molar-refractivity contribution < 1.29 is 19.1 Å². The van der Waals surface area contributed by atoms with E-state index in [0.717, 1.165) is 21.8 Å². The van der Waals surface area contributed by atoms with E-state index in [-0.39, 0.29) is 23.4 Å². The molecule has 1 aromatic heterocycles. The number of hydrogen-bond donors (Lipinski definition) is 1. The molecule has 0 fully saturated rings. The van der Waals surface area contributed by atoms with Crippen LogP contribution in [0.25, 0.3) is 10.1 Å². The van der Waals surface area contributed by atoms with Crippen LogP contribution in [0.1, 0.15) is 24.2 Å². The third-order valence-electron chi connectivity index (χ3n) is 2.73. The lowest BCUT2D eigenvalue weighted by Crippen LogP contribution is -2.16. The van der Waals surface area contributed by atoms with E-state index in [0.29, 0.717) is 10.6 Å². The van der Waals surface area contributed by atoms with Crippen LogP contribution in [0, 0.1) is 0 Å². The number of carbonyl (C=O) groups excluding carboxylic acids is 3. The lowest BCUT2D eigenvalue weighted by molar-refractivity contribution is -0.114. The molecule has 0 saturated heterocycles. The second-order valence-electron chi connectivity index (χ2n) is 4.35. The maximum Gasteiger partial charge on any atom is 0.341 e. The van der Waals surface area contributed by atoms with Gasteiger partial charge in [-0.05, 0) is 13.0 Å². The number of benzene rings is 1. The first-order valence-electron chi connectivity index (χ1n) is 6.64. The number of amides is 1. The SMILES string of the molecule is CCOC(=O)c1c(NC(=O)CSC(C)=O)sc2ccccc12. The third kappa shape index (κ3) is 3.86. The molecule has 1 aromatic carbocycles. The highest BCUT2D eigenvalue weighted by Crippen LogP contribution is 2.36. The summed E-state index contributed by atoms with van der Waals surface area (Å²) in [5, 5.41) is 3.78. The van der Waals surface area contributed by atoms with Crippen LogP contribution in [0.3, 0.4) is 0 Å². The van der Waals surface area contributed by atoms with Gasteiger partial charge in [0.2, 0.25) is 5.91 Å². The van der Waals surface area contributed by atoms with Crippen LogP contribution in [0.15, 0.2) is 24.3 Å². The summed E-state index contributed by atoms with van der Waals surface area (Å²) in [5.74, 6) is -0.766. The first-order valence-corrected chi connectivity index (χ1v) is 8.45. The molecule has 22 heavy (non-hydrogen) atoms. The number of nitrogens with one attached hydrogen (secondary N) is 1. The van der Waals surface area contributed by atoms with Crippen LogP contribution < -0.4 is 5.32 Å². The molecule has 0 aliphatic carbocycles. The fourth-order valence-electron chi connectivity index (χ4n) is 1.87. The van der Waals surface area contributed by atoms with Gasteiger partial charge in [-0.15, -0.1) is 11.3 Å². The van der Waals surface area contributed by atoms with Gasteiger partial charge in [0.15, 0.2) is 5.12 Å². The van der Waals surface area contributed by atoms with E-state index in [1.54, 1.807) is 6.92 Å². The number of esters is 1. The molecular formula is C15H15NO4S2. The van der Waals surface area contributed by atoms with E-state index in [4.69, 9.17) is 4.74 Å². The van der Waals surface area contributed by atoms with E-state index < -0.39 is 5.97 Å². The fourth-order valence-corrected chi connectivity index (χ4v) is 3.38. The van der Waals surface area contributed by atoms with Crippen LogP contribution in [0.4, 0.5) is 5.00 Å². The normalized spacial score (nSPS) is 10.5. The van der Waals surface area contributed by atoms with Gasteiger partial charge >= 0.3 is 5.97 Å². The Morgan fingerprint density at radius 2 is 2.00 bits per heavy atom. The highest BCUT2D eigenvalue weighted by molar-refractivity contribution is 8.14. The van der Waals surface area contributed by atoms with Crippen molar-refractivity contribution in [2.75, 3.05) is 17.7 Å². The van der Waals surface area contributed by atoms with Gasteiger partial charge in [-0.3, -0.25) is 9.59 Å². The molecular weight excluding hydrogens is 322 g/mol. The summed E-state index contributed by atoms with van der Waals surface area (Å²) in [6, 6.07) is 7.39. The number of carbonyl (C=O) groups is 3. The van der Waals surface area contributed by atoms with Crippen LogP contribution in [0.5, 0.6) is 0 Å². The summed E-state index contributed by atoms with van der Waals surface area (Å²) in [6.45, 7) is 3.40. The van der Waals surface area contributed by atoms with Gasteiger partial charge in [0.05, 0.1) is 12.4 Å². The molecule has 2 aromatic rings. The monoisotopic (exact) mass is 337 g/mol. The maximum absolute atomic E-state index is 12.2. The van der Waals surface area contributed by atoms with E-state index in [2.05, 4.69) is 5.32 Å². The van der Waals surface area contributed by atoms with Crippen LogP contribution >= 0.6 is 23.1 Å². The van der Waals surface area contributed by atoms with Crippen molar-refractivity contribution >= 4 is 55.2 Å². The lowest BCUT2D eigenvalue weighted by atomic mass is 10.1. The summed E-state index contributed by atoms with van der Waals surface area (Å²) < 4.78 is 5.96. The standard InChI is InChI=1S/C15H15NO4S2/c1-3-20-15(19)13-10-6-4-5-7-11(10)22-14(13)16-12(18)8-21-9(2)17/h4-7H,3,8H2,1-2H3,(H,16,18). The highest BCUT2D eigenvalue weighted by atomic mass is 32.2. The molecule has 5 nitrogen and oxygen atoms in total. The van der Waals surface area contributed by atoms with Crippen molar-refractivity contribution in [2.45, 2.75) is 13.8 Å². The Bertz CT molecular complexity index is 723. The third-order valence-corrected chi connectivity index (χ3v) is 4.63. The van der Waals surface area contributed by atoms with Crippen molar-refractivity contribution in [1.29, 1.82) is 0 Å². The van der Waals surface area contributed by atoms with Gasteiger partial charge in [0.25, 0.3) is 0 Å². The number of thiophene rings is 1. The molecule has 0 radical (unpaired) electrons. The molecule has 0 aliphatic heterocycles. The minimum atomic E-state index is -0.463. The summed E-state index contributed by atoms with van der Waals surface area (Å²) in [4.78, 5) is 35.0. The predicted octanol–water partition coefficient (Wildman–Crippen LogP) is 3.30. The van der Waals surface area contributed by atoms with Crippen molar-refractivity contribution in [3.63, 3.8) is 0 Å². The summed E-state index contributed by atoms with van der Waals surface area (Å²) in [5.41, 5.74) is 0.364. The molecule has 1 heterocycles. The van der Waals surface area contributed by atoms with Crippen molar-refractivity contribution in [2.24, 2.45) is 0 Å². The van der Waals surface area contributed by atoms with Gasteiger partial charge in [-0.25, -0.2) is 4.79 Å². The number of fused-ring (bicyclic) bond motifs is 1. The molecule has 0 bridgehead atoms. The maximum atomic E-state index is 12.2. The van der Waals surface area contributed by atoms with Gasteiger partial charge in [0, 0.05) is 17.0 Å². The quantitative estimate of drug-likeness (QED) is 0.848. The Morgan fingerprint density at radius 3 is 2.68 bits per heavy atom. The molecule has 2 rings (SSSR count). The largest absolute Gasteiger partial charge is 0.462 e. The van der Waals surface area contributed by atoms with Crippen molar-refractivity contribution in [3.05, 3.63) is 29.8 Å². The van der Waals surface area contributed by atoms with Gasteiger partial charge in [0.1, 0.15) is 10.6 Å². The fraction of sp³-hybridized carbons (Fsp3) is 0.267. The van der Waals surface area contributed by atoms with Crippen LogP contribution in [0.2, 0.25) is 0 Å². The van der Waals surface area contributed by atoms with Crippen molar-refractivity contribution in [3.8, 4) is 0 Å². The molecule has 0 saturated carbocycles. The number of hydrogen-bond acceptors (Lipinski definition) is 6. The second kappa shape index (κ2) is 7.42. The average molecular weight is 337 g/mol. The zero-order valence-corrected chi connectivity index (χ0v) is 13.8. The Hall–Kier alpha value is -1.86. The zero-order chi connectivity index (χ0) is 16.1. The molecule has 0 atom stereocenters. The molecule has 0 aliphatic rings. The first-order chi connectivity index (χ1) is 10.5. The minimum Gasteiger partial charge on any atom is -0.462 e. The number of ether oxygens (including phenoxy) is 1. The topological polar surface area (TPSA) is 72.5 Å². The Kier molecular flexibility index (Phi) is 5.57. The molecule has 116 valence electrons. The molecule has 7 heteroatoms. The summed E-state index contributed by atoms with van der Waals surface area (Å²) in [7, 11) is 0. The number of thioether (sulfide) groups is 1. The zero-order valence-electron chi connectivity index (χ0n) is 12.2. The smallest absolute Gasteiger partial charge is 0.341 e. The summed E-state index contributed by atoms with van der Waals surface area (Å²) in [6.07, 6.45) is 0. The highest BCUT2D eigenvalue weighted by Gasteiger charge is 2.21. The number of anilines is 1. The summed E-state index contributed by atoms with van der Waals surface area (Å²) >= 11 is 2.24. The molecule has 1 amide bonds. The molecule has 0 unspecified atom stereocenters. The van der Waals surface area contributed by atoms with Crippen LogP contribution in [-0.2, 0) is 14.3 Å². The van der Waals surface area contributed by atoms with Crippen LogP contribution in [-0.4, -0.2) is 29.4 Å². The van der Waals surface area contributed by atoms with Gasteiger partial charge < -0.3 is 10.1 Å². The van der Waals surface area contributed by atoms with E-state index >= 15 is 0 Å². The second-order valence-corrected chi connectivity index (χ2v) is 6.56. The Labute approximate surface area is 136 Å². The average Bonchev–Trinajstić information content (AvgIpc) is 2.83. The van der Waals surface area contributed by atoms with E-state index in [1.165, 1.54) is 18.3 Å². The predicted molar refractivity (Wildman–Crippen MR) is 89.6 cm³/mol. The molecule has 1 N–H and O–H groups in total. The van der Waals surface area contributed by atoms with Crippen molar-refractivity contribution in [1.82, 2.24) is 0 Å². The van der Waals surface area contributed by atoms with E-state index in [9.17, 15) is 14.4 Å². The molecule has 0 spiro atoms. The van der Waals surface area contributed by atoms with E-state index in [1.807, 2.05) is 24.3 Å². The minimum absolute atomic E-state index is 0.0197. The lowest BCUT2D eigenvalue weighted by Gasteiger charge is -2.06. The first kappa shape index (κ1) is 16.5. The Balaban J connectivity index is 2.31. The number of rotatable bonds is 5. The van der Waals surface area contributed by atoms with Gasteiger partial charge in [-0.1, -0.05) is 30.0 Å². The Morgan fingerprint density at radius 1 is 1.27 bits per heavy atom.